The topological polar surface area (TPSA) is 85.1 Å². The van der Waals surface area contributed by atoms with Crippen molar-refractivity contribution in [3.8, 4) is 0 Å². The maximum absolute atomic E-state index is 12.7. The van der Waals surface area contributed by atoms with Gasteiger partial charge in [0.15, 0.2) is 0 Å². The Hall–Kier alpha value is -1.99. The van der Waals surface area contributed by atoms with Crippen LogP contribution >= 0.6 is 12.4 Å². The molecular formula is C20H24ClN3O2S. The first-order valence-corrected chi connectivity index (χ1v) is 10.1. The second kappa shape index (κ2) is 9.28. The minimum Gasteiger partial charge on any atom is -0.326 e. The molecule has 144 valence electrons. The van der Waals surface area contributed by atoms with E-state index >= 15 is 0 Å². The van der Waals surface area contributed by atoms with Crippen LogP contribution in [-0.2, 0) is 16.4 Å². The molecule has 3 N–H and O–H groups in total. The molecule has 0 fully saturated rings. The molecule has 0 saturated carbocycles. The van der Waals surface area contributed by atoms with Gasteiger partial charge in [-0.25, -0.2) is 13.1 Å². The van der Waals surface area contributed by atoms with E-state index in [9.17, 15) is 8.42 Å². The maximum atomic E-state index is 12.7. The van der Waals surface area contributed by atoms with Gasteiger partial charge in [0.05, 0.1) is 4.90 Å². The van der Waals surface area contributed by atoms with Gasteiger partial charge in [-0.15, -0.1) is 12.4 Å². The highest BCUT2D eigenvalue weighted by Gasteiger charge is 2.21. The summed E-state index contributed by atoms with van der Waals surface area (Å²) in [6.07, 6.45) is 4.88. The molecule has 0 spiro atoms. The SMILES string of the molecule is C[C@@H](NS(=O)(=O)c1ccc2cnccc2c1)C(N)CCc1ccccc1.Cl. The Bertz CT molecular complexity index is 981. The number of aromatic nitrogens is 1. The van der Waals surface area contributed by atoms with Crippen molar-refractivity contribution in [1.29, 1.82) is 0 Å². The third kappa shape index (κ3) is 5.49. The Morgan fingerprint density at radius 2 is 1.81 bits per heavy atom. The molecule has 3 aromatic rings. The summed E-state index contributed by atoms with van der Waals surface area (Å²) >= 11 is 0. The highest BCUT2D eigenvalue weighted by Crippen LogP contribution is 2.18. The minimum absolute atomic E-state index is 0. The Morgan fingerprint density at radius 3 is 2.56 bits per heavy atom. The fourth-order valence-electron chi connectivity index (χ4n) is 2.86. The molecule has 1 unspecified atom stereocenters. The Balaban J connectivity index is 0.00000261. The molecule has 1 heterocycles. The second-order valence-corrected chi connectivity index (χ2v) is 8.20. The van der Waals surface area contributed by atoms with Crippen molar-refractivity contribution in [3.63, 3.8) is 0 Å². The van der Waals surface area contributed by atoms with E-state index in [1.807, 2.05) is 30.3 Å². The lowest BCUT2D eigenvalue weighted by Crippen LogP contribution is -2.45. The van der Waals surface area contributed by atoms with Crippen molar-refractivity contribution in [3.05, 3.63) is 72.6 Å². The summed E-state index contributed by atoms with van der Waals surface area (Å²) in [5.74, 6) is 0. The normalized spacial score (nSPS) is 13.7. The average Bonchev–Trinajstić information content (AvgIpc) is 2.66. The first-order chi connectivity index (χ1) is 12.5. The van der Waals surface area contributed by atoms with Crippen LogP contribution in [0.2, 0.25) is 0 Å². The molecule has 7 heteroatoms. The molecule has 3 rings (SSSR count). The summed E-state index contributed by atoms with van der Waals surface area (Å²) < 4.78 is 28.1. The number of hydrogen-bond donors (Lipinski definition) is 2. The fraction of sp³-hybridized carbons (Fsp3) is 0.250. The van der Waals surface area contributed by atoms with Crippen molar-refractivity contribution in [2.45, 2.75) is 36.7 Å². The first-order valence-electron chi connectivity index (χ1n) is 8.61. The quantitative estimate of drug-likeness (QED) is 0.631. The highest BCUT2D eigenvalue weighted by molar-refractivity contribution is 7.89. The van der Waals surface area contributed by atoms with Crippen molar-refractivity contribution in [1.82, 2.24) is 9.71 Å². The van der Waals surface area contributed by atoms with E-state index in [-0.39, 0.29) is 29.4 Å². The molecule has 27 heavy (non-hydrogen) atoms. The number of nitrogens with zero attached hydrogens (tertiary/aromatic N) is 1. The van der Waals surface area contributed by atoms with Gasteiger partial charge in [0, 0.05) is 29.9 Å². The smallest absolute Gasteiger partial charge is 0.240 e. The van der Waals surface area contributed by atoms with Gasteiger partial charge in [-0.05, 0) is 48.9 Å². The van der Waals surface area contributed by atoms with Gasteiger partial charge in [0.1, 0.15) is 0 Å². The number of sulfonamides is 1. The van der Waals surface area contributed by atoms with Crippen molar-refractivity contribution >= 4 is 33.2 Å². The van der Waals surface area contributed by atoms with E-state index in [2.05, 4.69) is 9.71 Å². The lowest BCUT2D eigenvalue weighted by molar-refractivity contribution is 0.480. The summed E-state index contributed by atoms with van der Waals surface area (Å²) in [6.45, 7) is 1.80. The number of fused-ring (bicyclic) bond motifs is 1. The monoisotopic (exact) mass is 405 g/mol. The molecular weight excluding hydrogens is 382 g/mol. The van der Waals surface area contributed by atoms with Gasteiger partial charge in [0.25, 0.3) is 0 Å². The average molecular weight is 406 g/mol. The van der Waals surface area contributed by atoms with Crippen LogP contribution in [0.3, 0.4) is 0 Å². The largest absolute Gasteiger partial charge is 0.326 e. The molecule has 1 aromatic heterocycles. The molecule has 0 aliphatic carbocycles. The van der Waals surface area contributed by atoms with E-state index in [0.717, 1.165) is 17.2 Å². The van der Waals surface area contributed by atoms with Crippen LogP contribution in [0.5, 0.6) is 0 Å². The molecule has 0 radical (unpaired) electrons. The van der Waals surface area contributed by atoms with Gasteiger partial charge >= 0.3 is 0 Å². The predicted octanol–water partition coefficient (Wildman–Crippen LogP) is 3.28. The van der Waals surface area contributed by atoms with Gasteiger partial charge in [-0.3, -0.25) is 4.98 Å². The second-order valence-electron chi connectivity index (χ2n) is 6.48. The summed E-state index contributed by atoms with van der Waals surface area (Å²) in [7, 11) is -3.63. The van der Waals surface area contributed by atoms with E-state index in [0.29, 0.717) is 6.42 Å². The number of benzene rings is 2. The molecule has 2 atom stereocenters. The summed E-state index contributed by atoms with van der Waals surface area (Å²) in [5.41, 5.74) is 7.40. The number of rotatable bonds is 7. The van der Waals surface area contributed by atoms with Crippen LogP contribution in [0, 0.1) is 0 Å². The molecule has 0 saturated heterocycles. The Kier molecular flexibility index (Phi) is 7.33. The zero-order valence-electron chi connectivity index (χ0n) is 15.1. The van der Waals surface area contributed by atoms with Crippen LogP contribution in [-0.4, -0.2) is 25.5 Å². The zero-order valence-corrected chi connectivity index (χ0v) is 16.7. The molecule has 0 aliphatic rings. The minimum atomic E-state index is -3.63. The van der Waals surface area contributed by atoms with E-state index in [1.165, 1.54) is 5.56 Å². The summed E-state index contributed by atoms with van der Waals surface area (Å²) in [6, 6.07) is 16.2. The van der Waals surface area contributed by atoms with Gasteiger partial charge in [-0.2, -0.15) is 0 Å². The molecule has 0 aliphatic heterocycles. The molecule has 2 aromatic carbocycles. The van der Waals surface area contributed by atoms with E-state index < -0.39 is 10.0 Å². The molecule has 0 amide bonds. The number of hydrogen-bond acceptors (Lipinski definition) is 4. The van der Waals surface area contributed by atoms with Crippen LogP contribution in [0.15, 0.2) is 71.9 Å². The summed E-state index contributed by atoms with van der Waals surface area (Å²) in [5, 5.41) is 1.74. The van der Waals surface area contributed by atoms with Crippen molar-refractivity contribution < 1.29 is 8.42 Å². The van der Waals surface area contributed by atoms with E-state index in [1.54, 1.807) is 43.6 Å². The number of halogens is 1. The van der Waals surface area contributed by atoms with Crippen LogP contribution < -0.4 is 10.5 Å². The fourth-order valence-corrected chi connectivity index (χ4v) is 4.19. The van der Waals surface area contributed by atoms with Crippen LogP contribution in [0.1, 0.15) is 18.9 Å². The number of nitrogens with two attached hydrogens (primary N) is 1. The van der Waals surface area contributed by atoms with Crippen LogP contribution in [0.25, 0.3) is 10.8 Å². The third-order valence-corrected chi connectivity index (χ3v) is 6.07. The van der Waals surface area contributed by atoms with E-state index in [4.69, 9.17) is 5.73 Å². The van der Waals surface area contributed by atoms with Crippen LogP contribution in [0.4, 0.5) is 0 Å². The zero-order chi connectivity index (χ0) is 18.6. The lowest BCUT2D eigenvalue weighted by atomic mass is 10.0. The molecule has 5 nitrogen and oxygen atoms in total. The van der Waals surface area contributed by atoms with Gasteiger partial charge in [0.2, 0.25) is 10.0 Å². The molecule has 0 bridgehead atoms. The Morgan fingerprint density at radius 1 is 1.07 bits per heavy atom. The van der Waals surface area contributed by atoms with Gasteiger partial charge < -0.3 is 5.73 Å². The highest BCUT2D eigenvalue weighted by atomic mass is 35.5. The van der Waals surface area contributed by atoms with Crippen molar-refractivity contribution in [2.24, 2.45) is 5.73 Å². The lowest BCUT2D eigenvalue weighted by Gasteiger charge is -2.21. The predicted molar refractivity (Wildman–Crippen MR) is 112 cm³/mol. The summed E-state index contributed by atoms with van der Waals surface area (Å²) in [4.78, 5) is 4.27. The number of pyridine rings is 1. The standard InChI is InChI=1S/C20H23N3O2S.ClH/c1-15(20(21)10-7-16-5-3-2-4-6-16)23-26(24,25)19-9-8-18-14-22-12-11-17(18)13-19;/h2-6,8-9,11-15,20,23H,7,10,21H2,1H3;1H/t15-,20?;/m1./s1. The van der Waals surface area contributed by atoms with Crippen molar-refractivity contribution in [2.75, 3.05) is 0 Å². The van der Waals surface area contributed by atoms with Gasteiger partial charge in [-0.1, -0.05) is 36.4 Å². The Labute approximate surface area is 166 Å². The third-order valence-electron chi connectivity index (χ3n) is 4.51. The number of aryl methyl sites for hydroxylation is 1. The maximum Gasteiger partial charge on any atom is 0.240 e. The first kappa shape index (κ1) is 21.3. The number of nitrogens with one attached hydrogen (secondary N) is 1.